The van der Waals surface area contributed by atoms with E-state index in [0.717, 1.165) is 23.7 Å². The van der Waals surface area contributed by atoms with E-state index in [1.54, 1.807) is 6.20 Å². The van der Waals surface area contributed by atoms with Crippen molar-refractivity contribution in [1.29, 1.82) is 0 Å². The van der Waals surface area contributed by atoms with Gasteiger partial charge < -0.3 is 10.1 Å². The van der Waals surface area contributed by atoms with Gasteiger partial charge in [-0.25, -0.2) is 0 Å². The predicted octanol–water partition coefficient (Wildman–Crippen LogP) is 3.69. The number of carbonyl (C=O) groups excluding carboxylic acids is 1. The van der Waals surface area contributed by atoms with Crippen molar-refractivity contribution < 1.29 is 9.53 Å². The number of ether oxygens (including phenoxy) is 1. The van der Waals surface area contributed by atoms with Gasteiger partial charge in [-0.1, -0.05) is 35.9 Å². The number of rotatable bonds is 4. The first kappa shape index (κ1) is 17.1. The highest BCUT2D eigenvalue weighted by Crippen LogP contribution is 2.35. The number of halogens is 1. The molecule has 2 aromatic carbocycles. The van der Waals surface area contributed by atoms with Crippen molar-refractivity contribution in [3.8, 4) is 0 Å². The minimum Gasteiger partial charge on any atom is -0.381 e. The third-order valence-electron chi connectivity index (χ3n) is 5.22. The molecule has 1 aliphatic rings. The summed E-state index contributed by atoms with van der Waals surface area (Å²) in [5.74, 6) is -0.0975. The molecule has 5 nitrogen and oxygen atoms in total. The average molecular weight is 370 g/mol. The molecule has 0 unspecified atom stereocenters. The molecule has 3 aromatic rings. The first-order valence-corrected chi connectivity index (χ1v) is 9.10. The van der Waals surface area contributed by atoms with E-state index in [2.05, 4.69) is 27.6 Å². The van der Waals surface area contributed by atoms with Crippen LogP contribution in [0.3, 0.4) is 0 Å². The van der Waals surface area contributed by atoms with Gasteiger partial charge in [0.25, 0.3) is 5.91 Å². The smallest absolute Gasteiger partial charge is 0.253 e. The Bertz CT molecular complexity index is 914. The van der Waals surface area contributed by atoms with Crippen molar-refractivity contribution in [3.63, 3.8) is 0 Å². The fourth-order valence-corrected chi connectivity index (χ4v) is 3.76. The van der Waals surface area contributed by atoms with E-state index >= 15 is 0 Å². The number of aromatic amines is 1. The molecule has 0 saturated carbocycles. The van der Waals surface area contributed by atoms with E-state index in [1.807, 2.05) is 30.3 Å². The zero-order chi connectivity index (χ0) is 18.0. The monoisotopic (exact) mass is 369 g/mol. The van der Waals surface area contributed by atoms with Gasteiger partial charge in [-0.3, -0.25) is 9.89 Å². The summed E-state index contributed by atoms with van der Waals surface area (Å²) in [5, 5.41) is 11.7. The highest BCUT2D eigenvalue weighted by molar-refractivity contribution is 6.30. The third kappa shape index (κ3) is 3.20. The predicted molar refractivity (Wildman–Crippen MR) is 102 cm³/mol. The molecular weight excluding hydrogens is 350 g/mol. The molecule has 0 spiro atoms. The summed E-state index contributed by atoms with van der Waals surface area (Å²) in [4.78, 5) is 12.8. The molecule has 0 bridgehead atoms. The lowest BCUT2D eigenvalue weighted by Gasteiger charge is -2.38. The lowest BCUT2D eigenvalue weighted by molar-refractivity contribution is 0.0487. The van der Waals surface area contributed by atoms with Crippen LogP contribution in [0.25, 0.3) is 10.9 Å². The number of carbonyl (C=O) groups is 1. The first-order chi connectivity index (χ1) is 12.7. The van der Waals surface area contributed by atoms with Crippen LogP contribution in [0.5, 0.6) is 0 Å². The van der Waals surface area contributed by atoms with E-state index in [1.165, 1.54) is 5.56 Å². The molecule has 2 heterocycles. The summed E-state index contributed by atoms with van der Waals surface area (Å²) in [5.41, 5.74) is 2.42. The van der Waals surface area contributed by atoms with Crippen molar-refractivity contribution in [2.75, 3.05) is 19.8 Å². The Kier molecular flexibility index (Phi) is 4.66. The maximum Gasteiger partial charge on any atom is 0.253 e. The van der Waals surface area contributed by atoms with Crippen molar-refractivity contribution in [2.24, 2.45) is 0 Å². The topological polar surface area (TPSA) is 67.0 Å². The zero-order valence-corrected chi connectivity index (χ0v) is 15.1. The number of nitrogens with zero attached hydrogens (tertiary/aromatic N) is 1. The van der Waals surface area contributed by atoms with Gasteiger partial charge in [0.2, 0.25) is 0 Å². The third-order valence-corrected chi connectivity index (χ3v) is 5.47. The number of benzene rings is 2. The Morgan fingerprint density at radius 3 is 2.73 bits per heavy atom. The van der Waals surface area contributed by atoms with Gasteiger partial charge in [0.1, 0.15) is 0 Å². The SMILES string of the molecule is O=C(NCC1(c2ccc(Cl)cc2)CCOCC1)c1cccc2cn[nH]c12. The lowest BCUT2D eigenvalue weighted by Crippen LogP contribution is -2.44. The molecule has 0 atom stereocenters. The summed E-state index contributed by atoms with van der Waals surface area (Å²) in [6, 6.07) is 13.5. The minimum absolute atomic E-state index is 0.0975. The van der Waals surface area contributed by atoms with Crippen molar-refractivity contribution >= 4 is 28.4 Å². The average Bonchev–Trinajstić information content (AvgIpc) is 3.16. The molecule has 0 aliphatic carbocycles. The van der Waals surface area contributed by atoms with Crippen LogP contribution < -0.4 is 5.32 Å². The van der Waals surface area contributed by atoms with E-state index in [4.69, 9.17) is 16.3 Å². The van der Waals surface area contributed by atoms with Gasteiger partial charge >= 0.3 is 0 Å². The number of para-hydroxylation sites is 1. The summed E-state index contributed by atoms with van der Waals surface area (Å²) >= 11 is 6.04. The van der Waals surface area contributed by atoms with Crippen LogP contribution in [-0.4, -0.2) is 35.9 Å². The Hall–Kier alpha value is -2.37. The van der Waals surface area contributed by atoms with Crippen molar-refractivity contribution in [2.45, 2.75) is 18.3 Å². The highest BCUT2D eigenvalue weighted by Gasteiger charge is 2.35. The van der Waals surface area contributed by atoms with Crippen molar-refractivity contribution in [1.82, 2.24) is 15.5 Å². The quantitative estimate of drug-likeness (QED) is 0.737. The Balaban J connectivity index is 1.57. The van der Waals surface area contributed by atoms with Gasteiger partial charge in [-0.2, -0.15) is 5.10 Å². The number of hydrogen-bond acceptors (Lipinski definition) is 3. The zero-order valence-electron chi connectivity index (χ0n) is 14.3. The molecule has 1 amide bonds. The van der Waals surface area contributed by atoms with E-state index in [9.17, 15) is 4.79 Å². The van der Waals surface area contributed by atoms with E-state index < -0.39 is 0 Å². The Morgan fingerprint density at radius 2 is 1.96 bits per heavy atom. The molecule has 4 rings (SSSR count). The lowest BCUT2D eigenvalue weighted by atomic mass is 9.74. The molecule has 1 aliphatic heterocycles. The fourth-order valence-electron chi connectivity index (χ4n) is 3.64. The normalized spacial score (nSPS) is 16.5. The maximum atomic E-state index is 12.8. The van der Waals surface area contributed by atoms with Crippen LogP contribution in [-0.2, 0) is 10.2 Å². The number of hydrogen-bond donors (Lipinski definition) is 2. The molecule has 1 aromatic heterocycles. The molecule has 0 radical (unpaired) electrons. The number of amides is 1. The molecule has 1 saturated heterocycles. The minimum atomic E-state index is -0.139. The fraction of sp³-hybridized carbons (Fsp3) is 0.300. The summed E-state index contributed by atoms with van der Waals surface area (Å²) in [6.07, 6.45) is 3.45. The molecule has 6 heteroatoms. The van der Waals surface area contributed by atoms with Gasteiger partial charge in [0, 0.05) is 35.6 Å². The summed E-state index contributed by atoms with van der Waals surface area (Å²) < 4.78 is 5.56. The van der Waals surface area contributed by atoms with Crippen molar-refractivity contribution in [3.05, 3.63) is 64.8 Å². The van der Waals surface area contributed by atoms with E-state index in [0.29, 0.717) is 30.3 Å². The Morgan fingerprint density at radius 1 is 1.19 bits per heavy atom. The number of aromatic nitrogens is 2. The standard InChI is InChI=1S/C20H20ClN3O2/c21-16-6-4-15(5-7-16)20(8-10-26-11-9-20)13-22-19(25)17-3-1-2-14-12-23-24-18(14)17/h1-7,12H,8-11,13H2,(H,22,25)(H,23,24). The number of H-pyrrole nitrogens is 1. The first-order valence-electron chi connectivity index (χ1n) is 8.72. The van der Waals surface area contributed by atoms with Crippen LogP contribution in [0.15, 0.2) is 48.7 Å². The van der Waals surface area contributed by atoms with Gasteiger partial charge in [0.15, 0.2) is 0 Å². The largest absolute Gasteiger partial charge is 0.381 e. The van der Waals surface area contributed by atoms with Crippen LogP contribution in [0, 0.1) is 0 Å². The van der Waals surface area contributed by atoms with Gasteiger partial charge in [-0.05, 0) is 36.6 Å². The highest BCUT2D eigenvalue weighted by atomic mass is 35.5. The second kappa shape index (κ2) is 7.09. The van der Waals surface area contributed by atoms with Crippen LogP contribution in [0.4, 0.5) is 0 Å². The molecule has 2 N–H and O–H groups in total. The Labute approximate surface area is 156 Å². The number of fused-ring (bicyclic) bond motifs is 1. The summed E-state index contributed by atoms with van der Waals surface area (Å²) in [6.45, 7) is 1.94. The second-order valence-electron chi connectivity index (χ2n) is 6.72. The molecular formula is C20H20ClN3O2. The second-order valence-corrected chi connectivity index (χ2v) is 7.16. The molecule has 26 heavy (non-hydrogen) atoms. The summed E-state index contributed by atoms with van der Waals surface area (Å²) in [7, 11) is 0. The molecule has 134 valence electrons. The van der Waals surface area contributed by atoms with Crippen LogP contribution >= 0.6 is 11.6 Å². The molecule has 1 fully saturated rings. The van der Waals surface area contributed by atoms with E-state index in [-0.39, 0.29) is 11.3 Å². The maximum absolute atomic E-state index is 12.8. The van der Waals surface area contributed by atoms with Crippen LogP contribution in [0.2, 0.25) is 5.02 Å². The van der Waals surface area contributed by atoms with Gasteiger partial charge in [-0.15, -0.1) is 0 Å². The number of nitrogens with one attached hydrogen (secondary N) is 2. The van der Waals surface area contributed by atoms with Crippen LogP contribution in [0.1, 0.15) is 28.8 Å². The van der Waals surface area contributed by atoms with Gasteiger partial charge in [0.05, 0.1) is 17.3 Å².